The summed E-state index contributed by atoms with van der Waals surface area (Å²) in [6.07, 6.45) is 1.66. The van der Waals surface area contributed by atoms with Crippen LogP contribution in [0.3, 0.4) is 0 Å². The van der Waals surface area contributed by atoms with Crippen molar-refractivity contribution in [3.63, 3.8) is 0 Å². The number of amides is 1. The largest absolute Gasteiger partial charge is 0.452 e. The molecule has 2 aromatic carbocycles. The zero-order valence-corrected chi connectivity index (χ0v) is 15.3. The van der Waals surface area contributed by atoms with E-state index in [1.54, 1.807) is 6.07 Å². The van der Waals surface area contributed by atoms with Gasteiger partial charge in [-0.3, -0.25) is 4.79 Å². The van der Waals surface area contributed by atoms with Crippen LogP contribution < -0.4 is 5.32 Å². The summed E-state index contributed by atoms with van der Waals surface area (Å²) in [5, 5.41) is 3.41. The second kappa shape index (κ2) is 9.44. The number of rotatable bonds is 7. The predicted octanol–water partition coefficient (Wildman–Crippen LogP) is 4.29. The fourth-order valence-corrected chi connectivity index (χ4v) is 2.65. The molecule has 0 saturated heterocycles. The molecule has 1 atom stereocenters. The van der Waals surface area contributed by atoms with Gasteiger partial charge < -0.3 is 10.1 Å². The molecule has 0 fully saturated rings. The van der Waals surface area contributed by atoms with Crippen LogP contribution in [-0.4, -0.2) is 24.5 Å². The second-order valence-corrected chi connectivity index (χ2v) is 6.54. The standard InChI is InChI=1S/C19H19Cl2NO3/c1-13(7-8-14-5-3-2-4-6-14)22-18(23)12-25-19(24)16-11-15(20)9-10-17(16)21/h2-6,9-11,13H,7-8,12H2,1H3,(H,22,23)/t13-/m1/s1. The summed E-state index contributed by atoms with van der Waals surface area (Å²) in [4.78, 5) is 23.9. The van der Waals surface area contributed by atoms with Crippen LogP contribution in [0.15, 0.2) is 48.5 Å². The lowest BCUT2D eigenvalue weighted by atomic mass is 10.1. The van der Waals surface area contributed by atoms with Crippen molar-refractivity contribution in [1.29, 1.82) is 0 Å². The first-order valence-corrected chi connectivity index (χ1v) is 8.67. The molecule has 1 N–H and O–H groups in total. The third-order valence-electron chi connectivity index (χ3n) is 3.60. The Morgan fingerprint density at radius 1 is 1.12 bits per heavy atom. The van der Waals surface area contributed by atoms with Crippen LogP contribution in [0.5, 0.6) is 0 Å². The van der Waals surface area contributed by atoms with E-state index >= 15 is 0 Å². The molecular weight excluding hydrogens is 361 g/mol. The van der Waals surface area contributed by atoms with Gasteiger partial charge in [-0.15, -0.1) is 0 Å². The van der Waals surface area contributed by atoms with Gasteiger partial charge in [0, 0.05) is 11.1 Å². The fourth-order valence-electron chi connectivity index (χ4n) is 2.28. The lowest BCUT2D eigenvalue weighted by Crippen LogP contribution is -2.36. The number of ether oxygens (including phenoxy) is 1. The number of carbonyl (C=O) groups excluding carboxylic acids is 2. The molecule has 1 amide bonds. The maximum Gasteiger partial charge on any atom is 0.340 e. The van der Waals surface area contributed by atoms with Crippen LogP contribution >= 0.6 is 23.2 Å². The Labute approximate surface area is 157 Å². The number of aryl methyl sites for hydroxylation is 1. The van der Waals surface area contributed by atoms with Crippen molar-refractivity contribution in [3.05, 3.63) is 69.7 Å². The predicted molar refractivity (Wildman–Crippen MR) is 99.1 cm³/mol. The van der Waals surface area contributed by atoms with Gasteiger partial charge in [-0.2, -0.15) is 0 Å². The minimum absolute atomic E-state index is 0.0267. The van der Waals surface area contributed by atoms with Gasteiger partial charge in [-0.1, -0.05) is 53.5 Å². The number of benzene rings is 2. The van der Waals surface area contributed by atoms with E-state index in [9.17, 15) is 9.59 Å². The van der Waals surface area contributed by atoms with Crippen LogP contribution in [0.1, 0.15) is 29.3 Å². The van der Waals surface area contributed by atoms with E-state index in [2.05, 4.69) is 5.32 Å². The minimum atomic E-state index is -0.681. The van der Waals surface area contributed by atoms with E-state index in [0.717, 1.165) is 12.8 Å². The van der Waals surface area contributed by atoms with E-state index in [0.29, 0.717) is 5.02 Å². The molecule has 2 aromatic rings. The molecule has 0 aliphatic heterocycles. The molecule has 6 heteroatoms. The van der Waals surface area contributed by atoms with Crippen LogP contribution in [0, 0.1) is 0 Å². The maximum absolute atomic E-state index is 12.0. The zero-order chi connectivity index (χ0) is 18.2. The summed E-state index contributed by atoms with van der Waals surface area (Å²) in [5.41, 5.74) is 1.35. The highest BCUT2D eigenvalue weighted by molar-refractivity contribution is 6.35. The Morgan fingerprint density at radius 2 is 1.84 bits per heavy atom. The number of halogens is 2. The number of carbonyl (C=O) groups is 2. The van der Waals surface area contributed by atoms with Crippen molar-refractivity contribution in [2.24, 2.45) is 0 Å². The lowest BCUT2D eigenvalue weighted by molar-refractivity contribution is -0.124. The van der Waals surface area contributed by atoms with Gasteiger partial charge >= 0.3 is 5.97 Å². The van der Waals surface area contributed by atoms with Crippen molar-refractivity contribution >= 4 is 35.1 Å². The van der Waals surface area contributed by atoms with Gasteiger partial charge in [0.05, 0.1) is 10.6 Å². The topological polar surface area (TPSA) is 55.4 Å². The zero-order valence-electron chi connectivity index (χ0n) is 13.8. The van der Waals surface area contributed by atoms with Gasteiger partial charge in [-0.25, -0.2) is 4.79 Å². The quantitative estimate of drug-likeness (QED) is 0.730. The van der Waals surface area contributed by atoms with Crippen LogP contribution in [-0.2, 0) is 16.0 Å². The highest BCUT2D eigenvalue weighted by atomic mass is 35.5. The van der Waals surface area contributed by atoms with Crippen molar-refractivity contribution in [2.45, 2.75) is 25.8 Å². The molecule has 0 spiro atoms. The van der Waals surface area contributed by atoms with Crippen LogP contribution in [0.4, 0.5) is 0 Å². The van der Waals surface area contributed by atoms with Crippen LogP contribution in [0.25, 0.3) is 0 Å². The minimum Gasteiger partial charge on any atom is -0.452 e. The number of nitrogens with one attached hydrogen (secondary N) is 1. The summed E-state index contributed by atoms with van der Waals surface area (Å²) in [6.45, 7) is 1.55. The second-order valence-electron chi connectivity index (χ2n) is 5.69. The van der Waals surface area contributed by atoms with Gasteiger partial charge in [0.2, 0.25) is 0 Å². The summed E-state index contributed by atoms with van der Waals surface area (Å²) < 4.78 is 5.00. The van der Waals surface area contributed by atoms with E-state index in [-0.39, 0.29) is 29.1 Å². The van der Waals surface area contributed by atoms with Crippen molar-refractivity contribution in [1.82, 2.24) is 5.32 Å². The molecule has 0 radical (unpaired) electrons. The first kappa shape index (κ1) is 19.3. The number of hydrogen-bond donors (Lipinski definition) is 1. The summed E-state index contributed by atoms with van der Waals surface area (Å²) >= 11 is 11.8. The molecule has 25 heavy (non-hydrogen) atoms. The molecule has 0 aromatic heterocycles. The average molecular weight is 380 g/mol. The lowest BCUT2D eigenvalue weighted by Gasteiger charge is -2.14. The first-order valence-electron chi connectivity index (χ1n) is 7.91. The highest BCUT2D eigenvalue weighted by Crippen LogP contribution is 2.21. The summed E-state index contributed by atoms with van der Waals surface area (Å²) in [6, 6.07) is 14.5. The Bertz CT molecular complexity index is 735. The molecule has 0 aliphatic carbocycles. The number of hydrogen-bond acceptors (Lipinski definition) is 3. The number of esters is 1. The molecular formula is C19H19Cl2NO3. The Balaban J connectivity index is 1.76. The average Bonchev–Trinajstić information content (AvgIpc) is 2.61. The monoisotopic (exact) mass is 379 g/mol. The maximum atomic E-state index is 12.0. The van der Waals surface area contributed by atoms with Gasteiger partial charge in [0.1, 0.15) is 0 Å². The highest BCUT2D eigenvalue weighted by Gasteiger charge is 2.15. The molecule has 0 heterocycles. The smallest absolute Gasteiger partial charge is 0.340 e. The van der Waals surface area contributed by atoms with Gasteiger partial charge in [0.15, 0.2) is 6.61 Å². The third kappa shape index (κ3) is 6.40. The summed E-state index contributed by atoms with van der Waals surface area (Å²) in [7, 11) is 0. The van der Waals surface area contributed by atoms with Crippen molar-refractivity contribution < 1.29 is 14.3 Å². The van der Waals surface area contributed by atoms with Gasteiger partial charge in [0.25, 0.3) is 5.91 Å². The Morgan fingerprint density at radius 3 is 2.56 bits per heavy atom. The first-order chi connectivity index (χ1) is 12.0. The summed E-state index contributed by atoms with van der Waals surface area (Å²) in [5.74, 6) is -1.04. The normalized spacial score (nSPS) is 11.6. The van der Waals surface area contributed by atoms with Crippen molar-refractivity contribution in [3.8, 4) is 0 Å². The van der Waals surface area contributed by atoms with E-state index in [4.69, 9.17) is 27.9 Å². The molecule has 0 saturated carbocycles. The van der Waals surface area contributed by atoms with E-state index in [1.165, 1.54) is 17.7 Å². The molecule has 0 unspecified atom stereocenters. The molecule has 0 aliphatic rings. The third-order valence-corrected chi connectivity index (χ3v) is 4.16. The Hall–Kier alpha value is -2.04. The Kier molecular flexibility index (Phi) is 7.29. The van der Waals surface area contributed by atoms with Gasteiger partial charge in [-0.05, 0) is 43.5 Å². The molecule has 2 rings (SSSR count). The van der Waals surface area contributed by atoms with Crippen molar-refractivity contribution in [2.75, 3.05) is 6.61 Å². The fraction of sp³-hybridized carbons (Fsp3) is 0.263. The van der Waals surface area contributed by atoms with Crippen LogP contribution in [0.2, 0.25) is 10.0 Å². The van der Waals surface area contributed by atoms with E-state index in [1.807, 2.05) is 37.3 Å². The molecule has 0 bridgehead atoms. The molecule has 4 nitrogen and oxygen atoms in total. The SMILES string of the molecule is C[C@H](CCc1ccccc1)NC(=O)COC(=O)c1cc(Cl)ccc1Cl. The molecule has 132 valence electrons. The van der Waals surface area contributed by atoms with E-state index < -0.39 is 5.97 Å².